The van der Waals surface area contributed by atoms with E-state index in [2.05, 4.69) is 4.98 Å². The van der Waals surface area contributed by atoms with Gasteiger partial charge >= 0.3 is 6.18 Å². The van der Waals surface area contributed by atoms with Gasteiger partial charge in [0.15, 0.2) is 0 Å². The lowest BCUT2D eigenvalue weighted by atomic mass is 10.1. The number of anilines is 2. The topological polar surface area (TPSA) is 59.2 Å². The standard InChI is InChI=1S/C14H12F3N3O/c1-20(12-6-7-19-8-11(12)18)13(21)9-4-2-3-5-10(9)14(15,16)17/h2-8H,18H2,1H3. The average Bonchev–Trinajstić information content (AvgIpc) is 2.45. The summed E-state index contributed by atoms with van der Waals surface area (Å²) in [5.74, 6) is -0.791. The lowest BCUT2D eigenvalue weighted by Crippen LogP contribution is -2.29. The molecule has 1 amide bonds. The van der Waals surface area contributed by atoms with Gasteiger partial charge in [-0.2, -0.15) is 13.2 Å². The minimum Gasteiger partial charge on any atom is -0.396 e. The molecule has 0 unspecified atom stereocenters. The normalized spacial score (nSPS) is 11.2. The number of carbonyl (C=O) groups excluding carboxylic acids is 1. The summed E-state index contributed by atoms with van der Waals surface area (Å²) in [6.45, 7) is 0. The summed E-state index contributed by atoms with van der Waals surface area (Å²) in [5.41, 5.74) is 4.78. The van der Waals surface area contributed by atoms with Gasteiger partial charge in [0.1, 0.15) is 0 Å². The molecule has 1 aromatic carbocycles. The predicted molar refractivity (Wildman–Crippen MR) is 72.8 cm³/mol. The molecule has 110 valence electrons. The van der Waals surface area contributed by atoms with E-state index in [0.29, 0.717) is 5.69 Å². The Balaban J connectivity index is 2.44. The molecule has 1 heterocycles. The molecule has 2 N–H and O–H groups in total. The number of halogens is 3. The van der Waals surface area contributed by atoms with Crippen LogP contribution in [0.5, 0.6) is 0 Å². The summed E-state index contributed by atoms with van der Waals surface area (Å²) < 4.78 is 38.8. The molecule has 1 aromatic heterocycles. The van der Waals surface area contributed by atoms with E-state index in [4.69, 9.17) is 5.73 Å². The number of nitrogens with zero attached hydrogens (tertiary/aromatic N) is 2. The van der Waals surface area contributed by atoms with Crippen molar-refractivity contribution in [1.29, 1.82) is 0 Å². The van der Waals surface area contributed by atoms with Gasteiger partial charge in [-0.25, -0.2) is 0 Å². The Labute approximate surface area is 119 Å². The first-order valence-corrected chi connectivity index (χ1v) is 5.96. The fourth-order valence-corrected chi connectivity index (χ4v) is 1.91. The highest BCUT2D eigenvalue weighted by molar-refractivity contribution is 6.08. The zero-order chi connectivity index (χ0) is 15.6. The molecule has 0 bridgehead atoms. The van der Waals surface area contributed by atoms with E-state index < -0.39 is 23.2 Å². The number of nitrogen functional groups attached to an aromatic ring is 1. The maximum atomic E-state index is 12.9. The van der Waals surface area contributed by atoms with Crippen molar-refractivity contribution in [3.8, 4) is 0 Å². The molecule has 2 aromatic rings. The van der Waals surface area contributed by atoms with Crippen molar-refractivity contribution in [2.75, 3.05) is 17.7 Å². The molecule has 0 aliphatic heterocycles. The van der Waals surface area contributed by atoms with Crippen LogP contribution in [0.25, 0.3) is 0 Å². The van der Waals surface area contributed by atoms with Crippen molar-refractivity contribution < 1.29 is 18.0 Å². The molecule has 2 rings (SSSR count). The third-order valence-electron chi connectivity index (χ3n) is 2.96. The number of nitrogens with two attached hydrogens (primary N) is 1. The summed E-state index contributed by atoms with van der Waals surface area (Å²) in [7, 11) is 1.36. The van der Waals surface area contributed by atoms with Crippen LogP contribution in [0.4, 0.5) is 24.5 Å². The van der Waals surface area contributed by atoms with Gasteiger partial charge < -0.3 is 10.6 Å². The van der Waals surface area contributed by atoms with Gasteiger partial charge in [0, 0.05) is 13.2 Å². The fourth-order valence-electron chi connectivity index (χ4n) is 1.91. The number of amides is 1. The minimum atomic E-state index is -4.60. The Morgan fingerprint density at radius 1 is 1.24 bits per heavy atom. The van der Waals surface area contributed by atoms with Crippen LogP contribution in [-0.2, 0) is 6.18 Å². The number of hydrogen-bond acceptors (Lipinski definition) is 3. The van der Waals surface area contributed by atoms with Gasteiger partial charge in [-0.1, -0.05) is 12.1 Å². The first kappa shape index (κ1) is 14.8. The maximum Gasteiger partial charge on any atom is 0.417 e. The number of aromatic nitrogens is 1. The molecule has 0 aliphatic carbocycles. The van der Waals surface area contributed by atoms with Crippen molar-refractivity contribution in [3.05, 3.63) is 53.9 Å². The lowest BCUT2D eigenvalue weighted by Gasteiger charge is -2.21. The van der Waals surface area contributed by atoms with Gasteiger partial charge in [-0.15, -0.1) is 0 Å². The molecule has 0 radical (unpaired) electrons. The van der Waals surface area contributed by atoms with E-state index in [1.165, 1.54) is 37.6 Å². The number of hydrogen-bond donors (Lipinski definition) is 1. The summed E-state index contributed by atoms with van der Waals surface area (Å²) in [5, 5.41) is 0. The van der Waals surface area contributed by atoms with E-state index >= 15 is 0 Å². The van der Waals surface area contributed by atoms with E-state index in [1.807, 2.05) is 0 Å². The lowest BCUT2D eigenvalue weighted by molar-refractivity contribution is -0.137. The van der Waals surface area contributed by atoms with Crippen molar-refractivity contribution in [2.45, 2.75) is 6.18 Å². The first-order valence-electron chi connectivity index (χ1n) is 5.96. The van der Waals surface area contributed by atoms with Gasteiger partial charge in [-0.05, 0) is 18.2 Å². The van der Waals surface area contributed by atoms with Crippen molar-refractivity contribution >= 4 is 17.3 Å². The zero-order valence-electron chi connectivity index (χ0n) is 11.1. The van der Waals surface area contributed by atoms with Crippen molar-refractivity contribution in [3.63, 3.8) is 0 Å². The van der Waals surface area contributed by atoms with Crippen molar-refractivity contribution in [1.82, 2.24) is 4.98 Å². The molecule has 0 spiro atoms. The largest absolute Gasteiger partial charge is 0.417 e. The molecule has 21 heavy (non-hydrogen) atoms. The molecule has 0 saturated heterocycles. The Morgan fingerprint density at radius 2 is 1.90 bits per heavy atom. The monoisotopic (exact) mass is 295 g/mol. The Morgan fingerprint density at radius 3 is 2.52 bits per heavy atom. The summed E-state index contributed by atoms with van der Waals surface area (Å²) in [6, 6.07) is 6.09. The van der Waals surface area contributed by atoms with Crippen LogP contribution >= 0.6 is 0 Å². The number of benzene rings is 1. The molecular weight excluding hydrogens is 283 g/mol. The predicted octanol–water partition coefficient (Wildman–Crippen LogP) is 2.96. The van der Waals surface area contributed by atoms with Gasteiger partial charge in [0.2, 0.25) is 0 Å². The zero-order valence-corrected chi connectivity index (χ0v) is 11.1. The van der Waals surface area contributed by atoms with Gasteiger partial charge in [0.05, 0.1) is 28.7 Å². The summed E-state index contributed by atoms with van der Waals surface area (Å²) in [6.07, 6.45) is -1.86. The Bertz CT molecular complexity index is 671. The van der Waals surface area contributed by atoms with E-state index in [9.17, 15) is 18.0 Å². The molecule has 0 atom stereocenters. The van der Waals surface area contributed by atoms with Crippen LogP contribution in [0.3, 0.4) is 0 Å². The number of pyridine rings is 1. The maximum absolute atomic E-state index is 12.9. The summed E-state index contributed by atoms with van der Waals surface area (Å²) in [4.78, 5) is 17.2. The third kappa shape index (κ3) is 2.96. The van der Waals surface area contributed by atoms with E-state index in [0.717, 1.165) is 17.0 Å². The van der Waals surface area contributed by atoms with E-state index in [1.54, 1.807) is 0 Å². The number of alkyl halides is 3. The average molecular weight is 295 g/mol. The molecule has 0 fully saturated rings. The Hall–Kier alpha value is -2.57. The van der Waals surface area contributed by atoms with Crippen LogP contribution in [0.2, 0.25) is 0 Å². The second-order valence-electron chi connectivity index (χ2n) is 4.34. The Kier molecular flexibility index (Phi) is 3.84. The number of rotatable bonds is 2. The second kappa shape index (κ2) is 5.43. The SMILES string of the molecule is CN(C(=O)c1ccccc1C(F)(F)F)c1ccncc1N. The molecular formula is C14H12F3N3O. The summed E-state index contributed by atoms with van der Waals surface area (Å²) >= 11 is 0. The molecule has 0 aliphatic rings. The van der Waals surface area contributed by atoms with Crippen LogP contribution in [0.15, 0.2) is 42.7 Å². The quantitative estimate of drug-likeness (QED) is 0.926. The first-order chi connectivity index (χ1) is 9.82. The van der Waals surface area contributed by atoms with Crippen LogP contribution in [0.1, 0.15) is 15.9 Å². The minimum absolute atomic E-state index is 0.206. The third-order valence-corrected chi connectivity index (χ3v) is 2.96. The molecule has 0 saturated carbocycles. The smallest absolute Gasteiger partial charge is 0.396 e. The fraction of sp³-hybridized carbons (Fsp3) is 0.143. The molecule has 7 heteroatoms. The van der Waals surface area contributed by atoms with Gasteiger partial charge in [-0.3, -0.25) is 9.78 Å². The second-order valence-corrected chi connectivity index (χ2v) is 4.34. The van der Waals surface area contributed by atoms with Crippen LogP contribution < -0.4 is 10.6 Å². The number of carbonyl (C=O) groups is 1. The van der Waals surface area contributed by atoms with E-state index in [-0.39, 0.29) is 5.69 Å². The van der Waals surface area contributed by atoms with Crippen LogP contribution in [0, 0.1) is 0 Å². The highest BCUT2D eigenvalue weighted by atomic mass is 19.4. The highest BCUT2D eigenvalue weighted by Crippen LogP contribution is 2.33. The van der Waals surface area contributed by atoms with Crippen molar-refractivity contribution in [2.24, 2.45) is 0 Å². The molecule has 4 nitrogen and oxygen atoms in total. The highest BCUT2D eigenvalue weighted by Gasteiger charge is 2.35. The van der Waals surface area contributed by atoms with Crippen LogP contribution in [-0.4, -0.2) is 17.9 Å². The van der Waals surface area contributed by atoms with Gasteiger partial charge in [0.25, 0.3) is 5.91 Å².